The zero-order valence-electron chi connectivity index (χ0n) is 6.15. The Labute approximate surface area is 80.0 Å². The summed E-state index contributed by atoms with van der Waals surface area (Å²) >= 11 is 7.14. The van der Waals surface area contributed by atoms with Crippen molar-refractivity contribution in [3.8, 4) is 0 Å². The number of halogens is 2. The first kappa shape index (κ1) is 9.05. The van der Waals surface area contributed by atoms with Gasteiger partial charge in [0, 0.05) is 10.7 Å². The third-order valence-corrected chi connectivity index (χ3v) is 4.13. The Morgan fingerprint density at radius 1 is 0.900 bits per heavy atom. The van der Waals surface area contributed by atoms with Crippen LogP contribution in [0.2, 0.25) is 0 Å². The maximum Gasteiger partial charge on any atom is 0.00626 e. The van der Waals surface area contributed by atoms with Crippen molar-refractivity contribution in [2.45, 2.75) is 25.7 Å². The monoisotopic (exact) mass is 268 g/mol. The van der Waals surface area contributed by atoms with Gasteiger partial charge in [0.1, 0.15) is 0 Å². The van der Waals surface area contributed by atoms with Gasteiger partial charge in [-0.1, -0.05) is 44.7 Å². The SMILES string of the molecule is BrCC1CCCCC1CBr. The lowest BCUT2D eigenvalue weighted by Crippen LogP contribution is -2.21. The van der Waals surface area contributed by atoms with Crippen LogP contribution in [-0.2, 0) is 0 Å². The summed E-state index contributed by atoms with van der Waals surface area (Å²) in [5.41, 5.74) is 0. The van der Waals surface area contributed by atoms with E-state index in [0.29, 0.717) is 0 Å². The molecule has 0 aliphatic heterocycles. The number of alkyl halides is 2. The van der Waals surface area contributed by atoms with Gasteiger partial charge < -0.3 is 0 Å². The molecule has 0 saturated heterocycles. The standard InChI is InChI=1S/C8H14Br2/c9-5-7-3-1-2-4-8(7)6-10/h7-8H,1-6H2. The molecule has 2 unspecified atom stereocenters. The summed E-state index contributed by atoms with van der Waals surface area (Å²) in [6.07, 6.45) is 5.75. The summed E-state index contributed by atoms with van der Waals surface area (Å²) in [5, 5.41) is 2.40. The molecular formula is C8H14Br2. The van der Waals surface area contributed by atoms with Crippen LogP contribution < -0.4 is 0 Å². The highest BCUT2D eigenvalue weighted by molar-refractivity contribution is 9.09. The molecule has 1 rings (SSSR count). The van der Waals surface area contributed by atoms with Gasteiger partial charge in [-0.3, -0.25) is 0 Å². The number of hydrogen-bond acceptors (Lipinski definition) is 0. The normalized spacial score (nSPS) is 34.2. The molecule has 0 N–H and O–H groups in total. The van der Waals surface area contributed by atoms with Crippen LogP contribution in [0.25, 0.3) is 0 Å². The Bertz CT molecular complexity index is 81.3. The first-order chi connectivity index (χ1) is 4.88. The smallest absolute Gasteiger partial charge is 0.00626 e. The van der Waals surface area contributed by atoms with Crippen LogP contribution in [0.5, 0.6) is 0 Å². The average Bonchev–Trinajstić information content (AvgIpc) is 2.04. The molecule has 2 atom stereocenters. The quantitative estimate of drug-likeness (QED) is 0.673. The zero-order chi connectivity index (χ0) is 7.40. The molecule has 0 nitrogen and oxygen atoms in total. The summed E-state index contributed by atoms with van der Waals surface area (Å²) in [4.78, 5) is 0. The van der Waals surface area contributed by atoms with Gasteiger partial charge in [-0.05, 0) is 24.7 Å². The largest absolute Gasteiger partial charge is 0.0925 e. The fraction of sp³-hybridized carbons (Fsp3) is 1.00. The summed E-state index contributed by atoms with van der Waals surface area (Å²) < 4.78 is 0. The molecule has 60 valence electrons. The van der Waals surface area contributed by atoms with Crippen molar-refractivity contribution in [2.24, 2.45) is 11.8 Å². The Morgan fingerprint density at radius 2 is 1.30 bits per heavy atom. The maximum atomic E-state index is 3.57. The molecule has 1 aliphatic rings. The Balaban J connectivity index is 2.34. The minimum Gasteiger partial charge on any atom is -0.0925 e. The summed E-state index contributed by atoms with van der Waals surface area (Å²) in [5.74, 6) is 1.88. The summed E-state index contributed by atoms with van der Waals surface area (Å²) in [6, 6.07) is 0. The van der Waals surface area contributed by atoms with Crippen molar-refractivity contribution in [3.63, 3.8) is 0 Å². The van der Waals surface area contributed by atoms with Gasteiger partial charge in [-0.2, -0.15) is 0 Å². The van der Waals surface area contributed by atoms with Crippen LogP contribution in [-0.4, -0.2) is 10.7 Å². The first-order valence-corrected chi connectivity index (χ1v) is 6.24. The molecule has 0 aromatic rings. The molecule has 2 heteroatoms. The number of hydrogen-bond donors (Lipinski definition) is 0. The second kappa shape index (κ2) is 4.76. The molecule has 1 saturated carbocycles. The van der Waals surface area contributed by atoms with Crippen molar-refractivity contribution in [1.29, 1.82) is 0 Å². The molecule has 0 aromatic heterocycles. The molecule has 0 amide bonds. The van der Waals surface area contributed by atoms with E-state index in [2.05, 4.69) is 31.9 Å². The molecule has 0 radical (unpaired) electrons. The first-order valence-electron chi connectivity index (χ1n) is 4.00. The molecule has 1 aliphatic carbocycles. The minimum atomic E-state index is 0.938. The lowest BCUT2D eigenvalue weighted by Gasteiger charge is -2.28. The van der Waals surface area contributed by atoms with Gasteiger partial charge in [0.15, 0.2) is 0 Å². The molecule has 0 spiro atoms. The van der Waals surface area contributed by atoms with Crippen LogP contribution >= 0.6 is 31.9 Å². The third kappa shape index (κ3) is 2.23. The summed E-state index contributed by atoms with van der Waals surface area (Å²) in [7, 11) is 0. The van der Waals surface area contributed by atoms with E-state index in [-0.39, 0.29) is 0 Å². The van der Waals surface area contributed by atoms with Crippen molar-refractivity contribution >= 4 is 31.9 Å². The van der Waals surface area contributed by atoms with Crippen LogP contribution in [0, 0.1) is 11.8 Å². The van der Waals surface area contributed by atoms with E-state index >= 15 is 0 Å². The van der Waals surface area contributed by atoms with Crippen molar-refractivity contribution in [2.75, 3.05) is 10.7 Å². The number of rotatable bonds is 2. The maximum absolute atomic E-state index is 3.57. The van der Waals surface area contributed by atoms with Gasteiger partial charge in [0.2, 0.25) is 0 Å². The Kier molecular flexibility index (Phi) is 4.31. The highest BCUT2D eigenvalue weighted by Gasteiger charge is 2.22. The topological polar surface area (TPSA) is 0 Å². The molecule has 0 aromatic carbocycles. The van der Waals surface area contributed by atoms with E-state index in [0.717, 1.165) is 11.8 Å². The van der Waals surface area contributed by atoms with E-state index in [9.17, 15) is 0 Å². The second-order valence-corrected chi connectivity index (χ2v) is 4.41. The van der Waals surface area contributed by atoms with Gasteiger partial charge in [0.05, 0.1) is 0 Å². The van der Waals surface area contributed by atoms with E-state index in [1.165, 1.54) is 36.3 Å². The Morgan fingerprint density at radius 3 is 1.60 bits per heavy atom. The molecule has 10 heavy (non-hydrogen) atoms. The van der Waals surface area contributed by atoms with Crippen molar-refractivity contribution in [3.05, 3.63) is 0 Å². The fourth-order valence-corrected chi connectivity index (χ4v) is 3.40. The molecular weight excluding hydrogens is 256 g/mol. The highest BCUT2D eigenvalue weighted by Crippen LogP contribution is 2.32. The van der Waals surface area contributed by atoms with Crippen molar-refractivity contribution < 1.29 is 0 Å². The van der Waals surface area contributed by atoms with Gasteiger partial charge in [-0.25, -0.2) is 0 Å². The second-order valence-electron chi connectivity index (χ2n) is 3.11. The average molecular weight is 270 g/mol. The van der Waals surface area contributed by atoms with Gasteiger partial charge >= 0.3 is 0 Å². The van der Waals surface area contributed by atoms with E-state index < -0.39 is 0 Å². The van der Waals surface area contributed by atoms with E-state index in [1.54, 1.807) is 0 Å². The third-order valence-electron chi connectivity index (χ3n) is 2.46. The predicted molar refractivity (Wildman–Crippen MR) is 53.0 cm³/mol. The summed E-state index contributed by atoms with van der Waals surface area (Å²) in [6.45, 7) is 0. The van der Waals surface area contributed by atoms with Crippen molar-refractivity contribution in [1.82, 2.24) is 0 Å². The van der Waals surface area contributed by atoms with Crippen LogP contribution in [0.1, 0.15) is 25.7 Å². The van der Waals surface area contributed by atoms with E-state index in [4.69, 9.17) is 0 Å². The lowest BCUT2D eigenvalue weighted by molar-refractivity contribution is 0.290. The Hall–Kier alpha value is 0.960. The molecule has 0 bridgehead atoms. The minimum absolute atomic E-state index is 0.938. The highest BCUT2D eigenvalue weighted by atomic mass is 79.9. The zero-order valence-corrected chi connectivity index (χ0v) is 9.33. The lowest BCUT2D eigenvalue weighted by atomic mass is 9.82. The van der Waals surface area contributed by atoms with E-state index in [1.807, 2.05) is 0 Å². The molecule has 0 heterocycles. The predicted octanol–water partition coefficient (Wildman–Crippen LogP) is 3.58. The van der Waals surface area contributed by atoms with Crippen LogP contribution in [0.3, 0.4) is 0 Å². The molecule has 1 fully saturated rings. The fourth-order valence-electron chi connectivity index (χ4n) is 1.69. The van der Waals surface area contributed by atoms with Crippen LogP contribution in [0.15, 0.2) is 0 Å². The van der Waals surface area contributed by atoms with Crippen LogP contribution in [0.4, 0.5) is 0 Å². The van der Waals surface area contributed by atoms with Gasteiger partial charge in [-0.15, -0.1) is 0 Å². The van der Waals surface area contributed by atoms with Gasteiger partial charge in [0.25, 0.3) is 0 Å².